The summed E-state index contributed by atoms with van der Waals surface area (Å²) in [5.41, 5.74) is 5.03. The number of nitrogens with two attached hydrogens (primary N) is 1. The fourth-order valence-electron chi connectivity index (χ4n) is 0.488. The summed E-state index contributed by atoms with van der Waals surface area (Å²) in [7, 11) is 0. The molecule has 0 radical (unpaired) electrons. The van der Waals surface area contributed by atoms with Crippen molar-refractivity contribution in [1.29, 1.82) is 0 Å². The van der Waals surface area contributed by atoms with Gasteiger partial charge in [-0.15, -0.1) is 0 Å². The first-order valence-corrected chi connectivity index (χ1v) is 2.96. The lowest BCUT2D eigenvalue weighted by molar-refractivity contribution is -0.153. The van der Waals surface area contributed by atoms with Crippen LogP contribution in [-0.2, 0) is 4.79 Å². The van der Waals surface area contributed by atoms with E-state index >= 15 is 0 Å². The predicted molar refractivity (Wildman–Crippen MR) is 34.7 cm³/mol. The van der Waals surface area contributed by atoms with Crippen LogP contribution in [0.4, 0.5) is 0 Å². The lowest BCUT2D eigenvalue weighted by Crippen LogP contribution is -2.48. The van der Waals surface area contributed by atoms with Crippen molar-refractivity contribution in [2.75, 3.05) is 6.61 Å². The Morgan fingerprint density at radius 1 is 1.45 bits per heavy atom. The number of carboxylic acids is 1. The zero-order valence-electron chi connectivity index (χ0n) is 5.71. The van der Waals surface area contributed by atoms with Gasteiger partial charge in [-0.2, -0.15) is 0 Å². The van der Waals surface area contributed by atoms with Crippen LogP contribution in [0.2, 0.25) is 0 Å². The van der Waals surface area contributed by atoms with Crippen LogP contribution in [0.15, 0.2) is 0 Å². The number of hydrogen-bond donors (Lipinski definition) is 5. The van der Waals surface area contributed by atoms with Gasteiger partial charge in [0, 0.05) is 0 Å². The van der Waals surface area contributed by atoms with E-state index in [1.165, 1.54) is 0 Å². The predicted octanol–water partition coefficient (Wildman–Crippen LogP) is -2.89. The maximum absolute atomic E-state index is 10.0. The Kier molecular flexibility index (Phi) is 3.98. The molecule has 3 unspecified atom stereocenters. The Morgan fingerprint density at radius 3 is 2.18 bits per heavy atom. The summed E-state index contributed by atoms with van der Waals surface area (Å²) in [6, 6.07) is -1.14. The van der Waals surface area contributed by atoms with E-state index in [0.717, 1.165) is 0 Å². The monoisotopic (exact) mass is 165 g/mol. The summed E-state index contributed by atoms with van der Waals surface area (Å²) in [4.78, 5) is 10.0. The third kappa shape index (κ3) is 2.81. The lowest BCUT2D eigenvalue weighted by atomic mass is 10.1. The second-order valence-electron chi connectivity index (χ2n) is 2.12. The number of carboxylic acid groups (broad SMARTS) is 1. The number of aliphatic hydroxyl groups is 3. The minimum absolute atomic E-state index is 0.578. The van der Waals surface area contributed by atoms with Gasteiger partial charge in [0.2, 0.25) is 0 Å². The van der Waals surface area contributed by atoms with Gasteiger partial charge in [-0.25, -0.2) is 4.79 Å². The summed E-state index contributed by atoms with van der Waals surface area (Å²) >= 11 is 0. The molecular formula is C5H11NO5. The third-order valence-corrected chi connectivity index (χ3v) is 1.23. The quantitative estimate of drug-likeness (QED) is 0.304. The minimum atomic E-state index is -1.95. The highest BCUT2D eigenvalue weighted by Crippen LogP contribution is 1.97. The molecule has 0 bridgehead atoms. The molecule has 0 spiro atoms. The molecule has 0 aromatic heterocycles. The Bertz CT molecular complexity index is 139. The molecule has 0 aliphatic carbocycles. The molecule has 0 aliphatic rings. The summed E-state index contributed by atoms with van der Waals surface area (Å²) < 4.78 is 0. The van der Waals surface area contributed by atoms with Crippen LogP contribution in [0, 0.1) is 0 Å². The number of aliphatic hydroxyl groups excluding tert-OH is 3. The Labute approximate surface area is 62.9 Å². The highest BCUT2D eigenvalue weighted by Gasteiger charge is 2.28. The molecule has 0 saturated carbocycles. The zero-order valence-corrected chi connectivity index (χ0v) is 5.71. The molecule has 66 valence electrons. The van der Waals surface area contributed by atoms with E-state index in [0.29, 0.717) is 0 Å². The van der Waals surface area contributed by atoms with E-state index in [1.807, 2.05) is 0 Å². The van der Waals surface area contributed by atoms with Crippen LogP contribution in [0.25, 0.3) is 0 Å². The average Bonchev–Trinajstić information content (AvgIpc) is 2.00. The highest BCUT2D eigenvalue weighted by molar-refractivity contribution is 5.72. The third-order valence-electron chi connectivity index (χ3n) is 1.23. The maximum Gasteiger partial charge on any atom is 0.335 e. The van der Waals surface area contributed by atoms with Gasteiger partial charge in [-0.1, -0.05) is 0 Å². The van der Waals surface area contributed by atoms with Crippen molar-refractivity contribution in [3.63, 3.8) is 0 Å². The van der Waals surface area contributed by atoms with Crippen LogP contribution in [0.3, 0.4) is 0 Å². The highest BCUT2D eigenvalue weighted by atomic mass is 16.4. The molecule has 0 aliphatic heterocycles. The summed E-state index contributed by atoms with van der Waals surface area (Å²) in [6.45, 7) is -0.578. The van der Waals surface area contributed by atoms with Crippen LogP contribution in [0.1, 0.15) is 0 Å². The van der Waals surface area contributed by atoms with Crippen molar-refractivity contribution in [3.05, 3.63) is 0 Å². The molecular weight excluding hydrogens is 154 g/mol. The fourth-order valence-corrected chi connectivity index (χ4v) is 0.488. The van der Waals surface area contributed by atoms with Gasteiger partial charge in [-0.3, -0.25) is 0 Å². The van der Waals surface area contributed by atoms with E-state index < -0.39 is 30.8 Å². The van der Waals surface area contributed by atoms with Crippen molar-refractivity contribution >= 4 is 5.97 Å². The van der Waals surface area contributed by atoms with E-state index in [-0.39, 0.29) is 0 Å². The van der Waals surface area contributed by atoms with Gasteiger partial charge >= 0.3 is 5.97 Å². The van der Waals surface area contributed by atoms with Gasteiger partial charge in [0.1, 0.15) is 6.10 Å². The topological polar surface area (TPSA) is 124 Å². The Hall–Kier alpha value is -0.690. The van der Waals surface area contributed by atoms with Gasteiger partial charge in [0.15, 0.2) is 6.10 Å². The van der Waals surface area contributed by atoms with Crippen LogP contribution >= 0.6 is 0 Å². The largest absolute Gasteiger partial charge is 0.479 e. The second kappa shape index (κ2) is 4.24. The van der Waals surface area contributed by atoms with E-state index in [1.54, 1.807) is 0 Å². The smallest absolute Gasteiger partial charge is 0.335 e. The molecule has 6 heteroatoms. The molecule has 0 rings (SSSR count). The molecule has 0 aromatic carbocycles. The van der Waals surface area contributed by atoms with Crippen molar-refractivity contribution in [2.24, 2.45) is 5.73 Å². The standard InChI is InChI=1S/C5H11NO5/c6-2(1-7)3(8)4(9)5(10)11/h2-4,7-9H,1,6H2,(H,10,11). The fraction of sp³-hybridized carbons (Fsp3) is 0.800. The van der Waals surface area contributed by atoms with Crippen molar-refractivity contribution < 1.29 is 25.2 Å². The molecule has 6 N–H and O–H groups in total. The molecule has 0 saturated heterocycles. The number of carbonyl (C=O) groups is 1. The summed E-state index contributed by atoms with van der Waals surface area (Å²) in [6.07, 6.45) is -3.59. The van der Waals surface area contributed by atoms with Crippen molar-refractivity contribution in [3.8, 4) is 0 Å². The molecule has 3 atom stereocenters. The molecule has 0 fully saturated rings. The molecule has 0 amide bonds. The van der Waals surface area contributed by atoms with E-state index in [4.69, 9.17) is 26.2 Å². The van der Waals surface area contributed by atoms with Crippen LogP contribution in [-0.4, -0.2) is 51.3 Å². The van der Waals surface area contributed by atoms with E-state index in [2.05, 4.69) is 0 Å². The van der Waals surface area contributed by atoms with Crippen LogP contribution < -0.4 is 5.73 Å². The number of rotatable bonds is 4. The van der Waals surface area contributed by atoms with Crippen LogP contribution in [0.5, 0.6) is 0 Å². The summed E-state index contributed by atoms with van der Waals surface area (Å²) in [5, 5.41) is 34.0. The first-order chi connectivity index (χ1) is 5.00. The summed E-state index contributed by atoms with van der Waals surface area (Å²) in [5.74, 6) is -1.57. The Balaban J connectivity index is 4.00. The molecule has 0 aromatic rings. The van der Waals surface area contributed by atoms with Gasteiger partial charge in [0.25, 0.3) is 0 Å². The first kappa shape index (κ1) is 10.3. The maximum atomic E-state index is 10.0. The van der Waals surface area contributed by atoms with Crippen molar-refractivity contribution in [1.82, 2.24) is 0 Å². The second-order valence-corrected chi connectivity index (χ2v) is 2.12. The number of hydrogen-bond acceptors (Lipinski definition) is 5. The van der Waals surface area contributed by atoms with Gasteiger partial charge < -0.3 is 26.2 Å². The molecule has 11 heavy (non-hydrogen) atoms. The normalized spacial score (nSPS) is 18.9. The zero-order chi connectivity index (χ0) is 9.02. The van der Waals surface area contributed by atoms with Gasteiger partial charge in [0.05, 0.1) is 12.6 Å². The lowest BCUT2D eigenvalue weighted by Gasteiger charge is -2.18. The van der Waals surface area contributed by atoms with E-state index in [9.17, 15) is 4.79 Å². The average molecular weight is 165 g/mol. The van der Waals surface area contributed by atoms with Gasteiger partial charge in [-0.05, 0) is 0 Å². The SMILES string of the molecule is NC(CO)C(O)C(O)C(=O)O. The molecule has 6 nitrogen and oxygen atoms in total. The first-order valence-electron chi connectivity index (χ1n) is 2.96. The minimum Gasteiger partial charge on any atom is -0.479 e. The van der Waals surface area contributed by atoms with Crippen molar-refractivity contribution in [2.45, 2.75) is 18.2 Å². The molecule has 0 heterocycles. The number of aliphatic carboxylic acids is 1. The Morgan fingerprint density at radius 2 is 1.91 bits per heavy atom.